The molecule has 6 heteroatoms. The molecule has 0 bridgehead atoms. The summed E-state index contributed by atoms with van der Waals surface area (Å²) in [6.45, 7) is 0. The van der Waals surface area contributed by atoms with E-state index in [0.717, 1.165) is 54.9 Å². The Morgan fingerprint density at radius 2 is 0.722 bits per heavy atom. The third-order valence-corrected chi connectivity index (χ3v) is 12.1. The summed E-state index contributed by atoms with van der Waals surface area (Å²) in [7, 11) is -1.68. The first-order valence-corrected chi connectivity index (χ1v) is 14.5. The average Bonchev–Trinajstić information content (AvgIpc) is 2.92. The molecular formula is C30H16O4P2. The fraction of sp³-hybridized carbons (Fsp3) is 0. The van der Waals surface area contributed by atoms with E-state index >= 15 is 0 Å². The molecule has 4 heterocycles. The van der Waals surface area contributed by atoms with Crippen LogP contribution in [-0.2, 0) is 0 Å². The van der Waals surface area contributed by atoms with Crippen molar-refractivity contribution in [3.63, 3.8) is 0 Å². The highest BCUT2D eigenvalue weighted by molar-refractivity contribution is 7.64. The minimum Gasteiger partial charge on any atom is -0.455 e. The molecule has 9 rings (SSSR count). The SMILES string of the molecule is c1ccc2c(c1)oc1cccc3oc4cc5oc6cccc7oc8ccccc8p(c5cc4p2c13)c76. The lowest BCUT2D eigenvalue weighted by atomic mass is 10.3. The largest absolute Gasteiger partial charge is 0.455 e. The van der Waals surface area contributed by atoms with Crippen LogP contribution in [0.15, 0.2) is 115 Å². The van der Waals surface area contributed by atoms with Crippen LogP contribution in [0.3, 0.4) is 0 Å². The summed E-state index contributed by atoms with van der Waals surface area (Å²) in [5.41, 5.74) is 7.05. The van der Waals surface area contributed by atoms with Gasteiger partial charge in [0.15, 0.2) is 0 Å². The first-order valence-electron chi connectivity index (χ1n) is 11.8. The number of rotatable bonds is 0. The smallest absolute Gasteiger partial charge is 0.142 e. The molecule has 4 aromatic heterocycles. The minimum absolute atomic E-state index is 0.841. The average molecular weight is 502 g/mol. The van der Waals surface area contributed by atoms with Gasteiger partial charge in [0.05, 0.1) is 10.2 Å². The Morgan fingerprint density at radius 3 is 1.19 bits per heavy atom. The lowest BCUT2D eigenvalue weighted by Gasteiger charge is -2.14. The Bertz CT molecular complexity index is 2220. The number of para-hydroxylation sites is 2. The van der Waals surface area contributed by atoms with Gasteiger partial charge in [0.2, 0.25) is 0 Å². The molecule has 5 aromatic carbocycles. The zero-order valence-corrected chi connectivity index (χ0v) is 20.6. The van der Waals surface area contributed by atoms with Crippen LogP contribution >= 0.6 is 14.7 Å². The molecule has 0 fully saturated rings. The van der Waals surface area contributed by atoms with Crippen molar-refractivity contribution in [1.82, 2.24) is 0 Å². The van der Waals surface area contributed by atoms with Crippen molar-refractivity contribution < 1.29 is 17.7 Å². The van der Waals surface area contributed by atoms with Gasteiger partial charge < -0.3 is 17.7 Å². The van der Waals surface area contributed by atoms with Crippen LogP contribution < -0.4 is 0 Å². The third-order valence-electron chi connectivity index (χ3n) is 6.99. The maximum Gasteiger partial charge on any atom is 0.142 e. The van der Waals surface area contributed by atoms with Crippen LogP contribution in [-0.4, -0.2) is 0 Å². The van der Waals surface area contributed by atoms with E-state index in [0.29, 0.717) is 0 Å². The molecule has 36 heavy (non-hydrogen) atoms. The van der Waals surface area contributed by atoms with E-state index in [9.17, 15) is 0 Å². The van der Waals surface area contributed by atoms with Crippen LogP contribution in [0.5, 0.6) is 0 Å². The maximum absolute atomic E-state index is 6.51. The van der Waals surface area contributed by atoms with E-state index in [1.54, 1.807) is 0 Å². The van der Waals surface area contributed by atoms with Gasteiger partial charge in [-0.1, -0.05) is 51.1 Å². The normalized spacial score (nSPS) is 13.4. The topological polar surface area (TPSA) is 52.6 Å². The fourth-order valence-electron chi connectivity index (χ4n) is 5.50. The molecular weight excluding hydrogens is 486 g/mol. The molecule has 0 radical (unpaired) electrons. The van der Waals surface area contributed by atoms with Gasteiger partial charge in [0, 0.05) is 26.5 Å². The fourth-order valence-corrected chi connectivity index (χ4v) is 10.8. The molecule has 0 aliphatic rings. The monoisotopic (exact) mass is 502 g/mol. The van der Waals surface area contributed by atoms with Crippen LogP contribution in [0, 0.1) is 0 Å². The van der Waals surface area contributed by atoms with Crippen molar-refractivity contribution >= 4 is 90.1 Å². The summed E-state index contributed by atoms with van der Waals surface area (Å²) in [5, 5.41) is 7.14. The lowest BCUT2D eigenvalue weighted by Crippen LogP contribution is -1.83. The van der Waals surface area contributed by atoms with Gasteiger partial charge in [-0.15, -0.1) is 0 Å². The van der Waals surface area contributed by atoms with Gasteiger partial charge in [0.1, 0.15) is 44.7 Å². The minimum atomic E-state index is -0.841. The zero-order chi connectivity index (χ0) is 23.4. The highest BCUT2D eigenvalue weighted by Gasteiger charge is 2.19. The molecule has 0 aliphatic carbocycles. The third kappa shape index (κ3) is 2.41. The molecule has 2 atom stereocenters. The van der Waals surface area contributed by atoms with E-state index < -0.39 is 14.7 Å². The predicted molar refractivity (Wildman–Crippen MR) is 150 cm³/mol. The molecule has 9 aromatic rings. The van der Waals surface area contributed by atoms with Gasteiger partial charge in [-0.3, -0.25) is 0 Å². The number of hydrogen-bond acceptors (Lipinski definition) is 4. The van der Waals surface area contributed by atoms with Crippen LogP contribution in [0.2, 0.25) is 0 Å². The second-order valence-corrected chi connectivity index (χ2v) is 13.2. The summed E-state index contributed by atoms with van der Waals surface area (Å²) < 4.78 is 25.6. The van der Waals surface area contributed by atoms with Gasteiger partial charge in [-0.25, -0.2) is 0 Å². The van der Waals surface area contributed by atoms with Crippen LogP contribution in [0.25, 0.3) is 75.4 Å². The van der Waals surface area contributed by atoms with E-state index in [-0.39, 0.29) is 0 Å². The standard InChI is InChI=1S/C30H16O4P2/c1-3-13-25-17(7-1)31-19-9-5-11-21-29(19)35(25)27-16-28-24(15-23(27)33-21)34-22-12-6-10-20-30(22)36(28)26-14-4-2-8-18(26)32-20/h1-16H. The summed E-state index contributed by atoms with van der Waals surface area (Å²) in [5.74, 6) is 0. The lowest BCUT2D eigenvalue weighted by molar-refractivity contribution is 0.643. The van der Waals surface area contributed by atoms with E-state index in [1.165, 1.54) is 20.5 Å². The Kier molecular flexibility index (Phi) is 3.60. The van der Waals surface area contributed by atoms with Crippen LogP contribution in [0.1, 0.15) is 0 Å². The molecule has 0 N–H and O–H groups in total. The summed E-state index contributed by atoms with van der Waals surface area (Å²) in [6.07, 6.45) is 0. The van der Waals surface area contributed by atoms with Crippen molar-refractivity contribution in [3.05, 3.63) is 97.1 Å². The molecule has 170 valence electrons. The molecule has 4 nitrogen and oxygen atoms in total. The Morgan fingerprint density at radius 1 is 0.333 bits per heavy atom. The molecule has 2 unspecified atom stereocenters. The van der Waals surface area contributed by atoms with Gasteiger partial charge in [0.25, 0.3) is 0 Å². The number of benzene rings is 5. The zero-order valence-electron chi connectivity index (χ0n) is 18.8. The Labute approximate surface area is 204 Å². The van der Waals surface area contributed by atoms with Crippen molar-refractivity contribution in [3.8, 4) is 0 Å². The van der Waals surface area contributed by atoms with Crippen molar-refractivity contribution in [2.75, 3.05) is 0 Å². The highest BCUT2D eigenvalue weighted by Crippen LogP contribution is 2.55. The summed E-state index contributed by atoms with van der Waals surface area (Å²) in [6, 6.07) is 33.3. The van der Waals surface area contributed by atoms with E-state index in [2.05, 4.69) is 48.5 Å². The van der Waals surface area contributed by atoms with Crippen molar-refractivity contribution in [2.45, 2.75) is 0 Å². The summed E-state index contributed by atoms with van der Waals surface area (Å²) >= 11 is 0. The second-order valence-electron chi connectivity index (χ2n) is 9.01. The molecule has 0 spiro atoms. The predicted octanol–water partition coefficient (Wildman–Crippen LogP) is 11.0. The first-order chi connectivity index (χ1) is 17.8. The van der Waals surface area contributed by atoms with Gasteiger partial charge in [-0.05, 0) is 54.6 Å². The van der Waals surface area contributed by atoms with Crippen LogP contribution in [0.4, 0.5) is 0 Å². The first kappa shape index (κ1) is 19.1. The van der Waals surface area contributed by atoms with Crippen molar-refractivity contribution in [2.24, 2.45) is 0 Å². The molecule has 0 aliphatic heterocycles. The van der Waals surface area contributed by atoms with Gasteiger partial charge >= 0.3 is 0 Å². The maximum atomic E-state index is 6.51. The quantitative estimate of drug-likeness (QED) is 0.153. The molecule has 0 saturated heterocycles. The second kappa shape index (κ2) is 6.77. The van der Waals surface area contributed by atoms with E-state index in [4.69, 9.17) is 17.7 Å². The summed E-state index contributed by atoms with van der Waals surface area (Å²) in [4.78, 5) is 0. The van der Waals surface area contributed by atoms with E-state index in [1.807, 2.05) is 48.5 Å². The Hall–Kier alpha value is -4.10. The number of fused-ring (bicyclic) bond motifs is 8. The Balaban J connectivity index is 1.62. The molecule has 0 amide bonds. The van der Waals surface area contributed by atoms with Gasteiger partial charge in [-0.2, -0.15) is 0 Å². The number of hydrogen-bond donors (Lipinski definition) is 0. The van der Waals surface area contributed by atoms with Crippen molar-refractivity contribution in [1.29, 1.82) is 0 Å². The molecule has 0 saturated carbocycles. The highest BCUT2D eigenvalue weighted by atomic mass is 31.1.